The van der Waals surface area contributed by atoms with E-state index in [4.69, 9.17) is 0 Å². The minimum Gasteiger partial charge on any atom is -0.355 e. The lowest BCUT2D eigenvalue weighted by Crippen LogP contribution is -2.52. The van der Waals surface area contributed by atoms with E-state index in [-0.39, 0.29) is 24.1 Å². The second kappa shape index (κ2) is 8.30. The molecule has 2 aromatic rings. The number of anilines is 1. The first kappa shape index (κ1) is 20.1. The van der Waals surface area contributed by atoms with Gasteiger partial charge in [0.25, 0.3) is 11.8 Å². The monoisotopic (exact) mass is 405 g/mol. The first-order chi connectivity index (χ1) is 14.5. The van der Waals surface area contributed by atoms with E-state index in [1.54, 1.807) is 31.3 Å². The number of nitrogens with zero attached hydrogens (tertiary/aromatic N) is 1. The normalized spacial score (nSPS) is 17.4. The predicted molar refractivity (Wildman–Crippen MR) is 115 cm³/mol. The zero-order valence-electron chi connectivity index (χ0n) is 17.2. The van der Waals surface area contributed by atoms with Crippen molar-refractivity contribution in [3.8, 4) is 0 Å². The Morgan fingerprint density at radius 2 is 1.80 bits per heavy atom. The fourth-order valence-electron chi connectivity index (χ4n) is 4.78. The number of carbonyl (C=O) groups excluding carboxylic acids is 3. The summed E-state index contributed by atoms with van der Waals surface area (Å²) in [5, 5.41) is 5.52. The van der Waals surface area contributed by atoms with Crippen LogP contribution in [0.2, 0.25) is 0 Å². The Kier molecular flexibility index (Phi) is 5.57. The highest BCUT2D eigenvalue weighted by molar-refractivity contribution is 6.00. The van der Waals surface area contributed by atoms with E-state index in [0.717, 1.165) is 43.2 Å². The second-order valence-corrected chi connectivity index (χ2v) is 8.22. The highest BCUT2D eigenvalue weighted by Crippen LogP contribution is 2.41. The molecule has 6 nitrogen and oxygen atoms in total. The maximum atomic E-state index is 13.1. The van der Waals surface area contributed by atoms with Crippen molar-refractivity contribution in [1.82, 2.24) is 10.2 Å². The molecule has 2 aromatic carbocycles. The quantitative estimate of drug-likeness (QED) is 0.796. The molecule has 0 saturated heterocycles. The Morgan fingerprint density at radius 3 is 2.53 bits per heavy atom. The van der Waals surface area contributed by atoms with Crippen LogP contribution in [0.4, 0.5) is 5.69 Å². The van der Waals surface area contributed by atoms with Crippen LogP contribution in [0.3, 0.4) is 0 Å². The van der Waals surface area contributed by atoms with Gasteiger partial charge in [0.1, 0.15) is 0 Å². The van der Waals surface area contributed by atoms with Crippen molar-refractivity contribution in [2.75, 3.05) is 12.4 Å². The van der Waals surface area contributed by atoms with Crippen LogP contribution in [-0.4, -0.2) is 35.2 Å². The smallest absolute Gasteiger partial charge is 0.254 e. The van der Waals surface area contributed by atoms with Crippen molar-refractivity contribution < 1.29 is 14.4 Å². The van der Waals surface area contributed by atoms with E-state index >= 15 is 0 Å². The summed E-state index contributed by atoms with van der Waals surface area (Å²) in [7, 11) is 1.57. The van der Waals surface area contributed by atoms with Crippen molar-refractivity contribution in [3.63, 3.8) is 0 Å². The Morgan fingerprint density at radius 1 is 1.03 bits per heavy atom. The lowest BCUT2D eigenvalue weighted by molar-refractivity contribution is -0.119. The van der Waals surface area contributed by atoms with Gasteiger partial charge in [0.15, 0.2) is 0 Å². The van der Waals surface area contributed by atoms with Gasteiger partial charge in [0, 0.05) is 30.4 Å². The minimum atomic E-state index is -0.461. The molecule has 1 aliphatic carbocycles. The SMILES string of the molecule is CNC(=O)c1cccc(NC(=O)CC2(N3Cc4ccccc4C3=O)CCCCC2)c1. The molecule has 3 amide bonds. The maximum absolute atomic E-state index is 13.1. The van der Waals surface area contributed by atoms with Gasteiger partial charge in [0.2, 0.25) is 5.91 Å². The van der Waals surface area contributed by atoms with Crippen molar-refractivity contribution >= 4 is 23.4 Å². The van der Waals surface area contributed by atoms with Crippen LogP contribution in [0.25, 0.3) is 0 Å². The number of amides is 3. The van der Waals surface area contributed by atoms with E-state index in [0.29, 0.717) is 17.8 Å². The van der Waals surface area contributed by atoms with Gasteiger partial charge in [-0.1, -0.05) is 43.5 Å². The second-order valence-electron chi connectivity index (χ2n) is 8.22. The molecule has 2 N–H and O–H groups in total. The highest BCUT2D eigenvalue weighted by Gasteiger charge is 2.45. The summed E-state index contributed by atoms with van der Waals surface area (Å²) in [5.74, 6) is -0.299. The molecule has 4 rings (SSSR count). The van der Waals surface area contributed by atoms with Gasteiger partial charge in [-0.2, -0.15) is 0 Å². The molecule has 0 atom stereocenters. The molecule has 1 aliphatic heterocycles. The third-order valence-corrected chi connectivity index (χ3v) is 6.30. The lowest BCUT2D eigenvalue weighted by Gasteiger charge is -2.44. The van der Waals surface area contributed by atoms with Crippen LogP contribution in [0.15, 0.2) is 48.5 Å². The summed E-state index contributed by atoms with van der Waals surface area (Å²) < 4.78 is 0. The zero-order chi connectivity index (χ0) is 21.1. The number of nitrogens with one attached hydrogen (secondary N) is 2. The largest absolute Gasteiger partial charge is 0.355 e. The van der Waals surface area contributed by atoms with Crippen molar-refractivity contribution in [2.45, 2.75) is 50.6 Å². The van der Waals surface area contributed by atoms with E-state index in [2.05, 4.69) is 10.6 Å². The average Bonchev–Trinajstić information content (AvgIpc) is 3.11. The Hall–Kier alpha value is -3.15. The van der Waals surface area contributed by atoms with Crippen molar-refractivity contribution in [3.05, 3.63) is 65.2 Å². The topological polar surface area (TPSA) is 78.5 Å². The average molecular weight is 405 g/mol. The van der Waals surface area contributed by atoms with Gasteiger partial charge in [-0.25, -0.2) is 0 Å². The van der Waals surface area contributed by atoms with Gasteiger partial charge in [0.05, 0.1) is 12.0 Å². The molecule has 0 bridgehead atoms. The first-order valence-electron chi connectivity index (χ1n) is 10.5. The Labute approximate surface area is 176 Å². The third-order valence-electron chi connectivity index (χ3n) is 6.30. The molecule has 0 radical (unpaired) electrons. The molecule has 1 heterocycles. The molecule has 156 valence electrons. The molecule has 1 fully saturated rings. The summed E-state index contributed by atoms with van der Waals surface area (Å²) >= 11 is 0. The fraction of sp³-hybridized carbons (Fsp3) is 0.375. The van der Waals surface area contributed by atoms with Gasteiger partial charge >= 0.3 is 0 Å². The van der Waals surface area contributed by atoms with Crippen molar-refractivity contribution in [1.29, 1.82) is 0 Å². The Balaban J connectivity index is 1.53. The molecule has 0 aromatic heterocycles. The van der Waals surface area contributed by atoms with Crippen LogP contribution < -0.4 is 10.6 Å². The molecular weight excluding hydrogens is 378 g/mol. The van der Waals surface area contributed by atoms with E-state index < -0.39 is 5.54 Å². The fourth-order valence-corrected chi connectivity index (χ4v) is 4.78. The molecule has 0 spiro atoms. The number of fused-ring (bicyclic) bond motifs is 1. The van der Waals surface area contributed by atoms with E-state index in [1.165, 1.54) is 0 Å². The molecule has 2 aliphatic rings. The molecule has 30 heavy (non-hydrogen) atoms. The standard InChI is InChI=1S/C24H27N3O3/c1-25-22(29)17-9-7-10-19(14-17)26-21(28)15-24(12-5-2-6-13-24)27-16-18-8-3-4-11-20(18)23(27)30/h3-4,7-11,14H,2,5-6,12-13,15-16H2,1H3,(H,25,29)(H,26,28). The summed E-state index contributed by atoms with van der Waals surface area (Å²) in [5.41, 5.74) is 2.40. The number of carbonyl (C=O) groups is 3. The summed E-state index contributed by atoms with van der Waals surface area (Å²) in [6.45, 7) is 0.564. The van der Waals surface area contributed by atoms with E-state index in [1.807, 2.05) is 29.2 Å². The summed E-state index contributed by atoms with van der Waals surface area (Å²) in [4.78, 5) is 40.0. The van der Waals surface area contributed by atoms with Crippen LogP contribution in [0.1, 0.15) is 64.8 Å². The van der Waals surface area contributed by atoms with Crippen molar-refractivity contribution in [2.24, 2.45) is 0 Å². The third kappa shape index (κ3) is 3.82. The number of rotatable bonds is 5. The number of hydrogen-bond acceptors (Lipinski definition) is 3. The van der Waals surface area contributed by atoms with Crippen LogP contribution in [0, 0.1) is 0 Å². The Bertz CT molecular complexity index is 979. The van der Waals surface area contributed by atoms with Gasteiger partial charge < -0.3 is 15.5 Å². The highest BCUT2D eigenvalue weighted by atomic mass is 16.2. The molecule has 6 heteroatoms. The maximum Gasteiger partial charge on any atom is 0.254 e. The minimum absolute atomic E-state index is 0.0296. The van der Waals surface area contributed by atoms with Gasteiger partial charge in [-0.3, -0.25) is 14.4 Å². The van der Waals surface area contributed by atoms with Crippen LogP contribution in [-0.2, 0) is 11.3 Å². The van der Waals surface area contributed by atoms with E-state index in [9.17, 15) is 14.4 Å². The number of hydrogen-bond donors (Lipinski definition) is 2. The summed E-state index contributed by atoms with van der Waals surface area (Å²) in [6, 6.07) is 14.6. The summed E-state index contributed by atoms with van der Waals surface area (Å²) in [6.07, 6.45) is 5.08. The number of benzene rings is 2. The lowest BCUT2D eigenvalue weighted by atomic mass is 9.77. The molecule has 1 saturated carbocycles. The molecule has 0 unspecified atom stereocenters. The molecular formula is C24H27N3O3. The van der Waals surface area contributed by atoms with Gasteiger partial charge in [-0.05, 0) is 42.7 Å². The first-order valence-corrected chi connectivity index (χ1v) is 10.5. The van der Waals surface area contributed by atoms with Gasteiger partial charge in [-0.15, -0.1) is 0 Å². The zero-order valence-corrected chi connectivity index (χ0v) is 17.2. The van der Waals surface area contributed by atoms with Crippen LogP contribution >= 0.6 is 0 Å². The van der Waals surface area contributed by atoms with Crippen LogP contribution in [0.5, 0.6) is 0 Å². The predicted octanol–water partition coefficient (Wildman–Crippen LogP) is 3.73.